The fourth-order valence-electron chi connectivity index (χ4n) is 1.85. The summed E-state index contributed by atoms with van der Waals surface area (Å²) in [6, 6.07) is 11.4. The largest absolute Gasteiger partial charge is 0.506 e. The van der Waals surface area contributed by atoms with Crippen LogP contribution in [0.25, 0.3) is 16.9 Å². The molecule has 0 amide bonds. The minimum Gasteiger partial charge on any atom is -0.506 e. The van der Waals surface area contributed by atoms with Gasteiger partial charge in [-0.1, -0.05) is 28.1 Å². The van der Waals surface area contributed by atoms with Crippen LogP contribution >= 0.6 is 15.9 Å². The van der Waals surface area contributed by atoms with E-state index in [2.05, 4.69) is 20.9 Å². The van der Waals surface area contributed by atoms with Crippen LogP contribution in [-0.4, -0.2) is 14.5 Å². The Bertz CT molecular complexity index is 691. The number of imidazole rings is 1. The Kier molecular flexibility index (Phi) is 2.37. The first-order valence-electron chi connectivity index (χ1n) is 5.17. The lowest BCUT2D eigenvalue weighted by Gasteiger charge is -2.02. The van der Waals surface area contributed by atoms with Gasteiger partial charge in [-0.2, -0.15) is 0 Å². The van der Waals surface area contributed by atoms with Crippen molar-refractivity contribution in [2.24, 2.45) is 0 Å². The number of aromatic nitrogens is 2. The molecular weight excluding hydrogens is 280 g/mol. The Labute approximate surface area is 106 Å². The van der Waals surface area contributed by atoms with E-state index in [1.165, 1.54) is 0 Å². The highest BCUT2D eigenvalue weighted by molar-refractivity contribution is 9.10. The molecule has 2 heterocycles. The van der Waals surface area contributed by atoms with Crippen LogP contribution in [0.2, 0.25) is 0 Å². The molecule has 84 valence electrons. The number of halogens is 1. The van der Waals surface area contributed by atoms with E-state index in [9.17, 15) is 5.11 Å². The summed E-state index contributed by atoms with van der Waals surface area (Å²) in [5.41, 5.74) is 1.72. The second-order valence-electron chi connectivity index (χ2n) is 3.74. The molecule has 1 aromatic carbocycles. The van der Waals surface area contributed by atoms with Crippen LogP contribution in [0.5, 0.6) is 5.75 Å². The maximum atomic E-state index is 9.72. The van der Waals surface area contributed by atoms with E-state index >= 15 is 0 Å². The molecule has 3 aromatic rings. The predicted octanol–water partition coefficient (Wildman–Crippen LogP) is 3.47. The topological polar surface area (TPSA) is 37.5 Å². The van der Waals surface area contributed by atoms with Crippen molar-refractivity contribution in [1.29, 1.82) is 0 Å². The first-order chi connectivity index (χ1) is 8.25. The van der Waals surface area contributed by atoms with Crippen LogP contribution in [0.3, 0.4) is 0 Å². The van der Waals surface area contributed by atoms with Gasteiger partial charge in [0.25, 0.3) is 0 Å². The molecule has 0 aliphatic heterocycles. The molecule has 3 nitrogen and oxygen atoms in total. The Morgan fingerprint density at radius 3 is 2.88 bits per heavy atom. The van der Waals surface area contributed by atoms with Gasteiger partial charge in [0.2, 0.25) is 0 Å². The Hall–Kier alpha value is -1.81. The molecule has 0 aliphatic carbocycles. The third kappa shape index (κ3) is 1.70. The van der Waals surface area contributed by atoms with Gasteiger partial charge in [-0.15, -0.1) is 0 Å². The second kappa shape index (κ2) is 3.89. The molecule has 0 spiro atoms. The van der Waals surface area contributed by atoms with Gasteiger partial charge in [0.1, 0.15) is 17.1 Å². The smallest absolute Gasteiger partial charge is 0.144 e. The highest BCUT2D eigenvalue weighted by Crippen LogP contribution is 2.26. The molecule has 0 bridgehead atoms. The lowest BCUT2D eigenvalue weighted by molar-refractivity contribution is 0.479. The third-order valence-electron chi connectivity index (χ3n) is 2.63. The zero-order valence-corrected chi connectivity index (χ0v) is 10.4. The normalized spacial score (nSPS) is 10.9. The molecular formula is C13H9BrN2O. The van der Waals surface area contributed by atoms with E-state index in [1.807, 2.05) is 34.9 Å². The first-order valence-corrected chi connectivity index (χ1v) is 5.96. The van der Waals surface area contributed by atoms with Crippen molar-refractivity contribution in [3.63, 3.8) is 0 Å². The lowest BCUT2D eigenvalue weighted by atomic mass is 10.2. The lowest BCUT2D eigenvalue weighted by Crippen LogP contribution is -1.88. The van der Waals surface area contributed by atoms with E-state index in [0.29, 0.717) is 5.52 Å². The predicted molar refractivity (Wildman–Crippen MR) is 70.0 cm³/mol. The number of benzene rings is 1. The number of nitrogens with zero attached hydrogens (tertiary/aromatic N) is 2. The highest BCUT2D eigenvalue weighted by atomic mass is 79.9. The molecule has 4 heteroatoms. The third-order valence-corrected chi connectivity index (χ3v) is 3.12. The van der Waals surface area contributed by atoms with Gasteiger partial charge in [0, 0.05) is 16.2 Å². The van der Waals surface area contributed by atoms with Crippen molar-refractivity contribution >= 4 is 21.4 Å². The second-order valence-corrected chi connectivity index (χ2v) is 4.66. The van der Waals surface area contributed by atoms with Crippen molar-refractivity contribution in [3.8, 4) is 17.1 Å². The van der Waals surface area contributed by atoms with E-state index in [1.54, 1.807) is 18.3 Å². The van der Waals surface area contributed by atoms with Crippen molar-refractivity contribution in [2.75, 3.05) is 0 Å². The average Bonchev–Trinajstić information content (AvgIpc) is 2.74. The van der Waals surface area contributed by atoms with Gasteiger partial charge < -0.3 is 5.11 Å². The first kappa shape index (κ1) is 10.4. The number of fused-ring (bicyclic) bond motifs is 1. The van der Waals surface area contributed by atoms with Gasteiger partial charge in [-0.3, -0.25) is 4.40 Å². The van der Waals surface area contributed by atoms with Crippen molar-refractivity contribution in [1.82, 2.24) is 9.38 Å². The number of pyridine rings is 1. The molecule has 1 N–H and O–H groups in total. The van der Waals surface area contributed by atoms with Gasteiger partial charge >= 0.3 is 0 Å². The minimum absolute atomic E-state index is 0.237. The molecule has 0 atom stereocenters. The van der Waals surface area contributed by atoms with Crippen LogP contribution in [-0.2, 0) is 0 Å². The van der Waals surface area contributed by atoms with Crippen molar-refractivity contribution in [3.05, 3.63) is 53.3 Å². The zero-order valence-electron chi connectivity index (χ0n) is 8.84. The summed E-state index contributed by atoms with van der Waals surface area (Å²) < 4.78 is 2.88. The molecule has 0 saturated heterocycles. The molecule has 0 saturated carbocycles. The molecule has 17 heavy (non-hydrogen) atoms. The average molecular weight is 289 g/mol. The Morgan fingerprint density at radius 2 is 2.06 bits per heavy atom. The van der Waals surface area contributed by atoms with E-state index < -0.39 is 0 Å². The fourth-order valence-corrected chi connectivity index (χ4v) is 2.25. The summed E-state index contributed by atoms with van der Waals surface area (Å²) in [5, 5.41) is 9.72. The molecule has 0 fully saturated rings. The summed E-state index contributed by atoms with van der Waals surface area (Å²) in [4.78, 5) is 4.35. The standard InChI is InChI=1S/C13H9BrN2O/c14-10-4-1-3-9(7-10)13-15-8-11-12(17)5-2-6-16(11)13/h1-8,17H. The van der Waals surface area contributed by atoms with Crippen LogP contribution < -0.4 is 0 Å². The monoisotopic (exact) mass is 288 g/mol. The summed E-state index contributed by atoms with van der Waals surface area (Å²) in [6.45, 7) is 0. The zero-order chi connectivity index (χ0) is 11.8. The van der Waals surface area contributed by atoms with Crippen LogP contribution in [0.15, 0.2) is 53.3 Å². The van der Waals surface area contributed by atoms with Gasteiger partial charge in [0.15, 0.2) is 0 Å². The van der Waals surface area contributed by atoms with E-state index in [4.69, 9.17) is 0 Å². The fraction of sp³-hybridized carbons (Fsp3) is 0. The van der Waals surface area contributed by atoms with Crippen molar-refractivity contribution < 1.29 is 5.11 Å². The van der Waals surface area contributed by atoms with Crippen molar-refractivity contribution in [2.45, 2.75) is 0 Å². The Balaban J connectivity index is 2.28. The molecule has 0 aliphatic rings. The van der Waals surface area contributed by atoms with Gasteiger partial charge in [0.05, 0.1) is 6.20 Å². The number of aromatic hydroxyl groups is 1. The van der Waals surface area contributed by atoms with Crippen LogP contribution in [0.1, 0.15) is 0 Å². The highest BCUT2D eigenvalue weighted by Gasteiger charge is 2.08. The van der Waals surface area contributed by atoms with Gasteiger partial charge in [-0.25, -0.2) is 4.98 Å². The summed E-state index contributed by atoms with van der Waals surface area (Å²) in [6.07, 6.45) is 3.56. The SMILES string of the molecule is Oc1cccn2c(-c3cccc(Br)c3)ncc12. The Morgan fingerprint density at radius 1 is 1.18 bits per heavy atom. The quantitative estimate of drug-likeness (QED) is 0.744. The summed E-state index contributed by atoms with van der Waals surface area (Å²) in [5.74, 6) is 1.05. The number of hydrogen-bond donors (Lipinski definition) is 1. The summed E-state index contributed by atoms with van der Waals surface area (Å²) >= 11 is 3.44. The summed E-state index contributed by atoms with van der Waals surface area (Å²) in [7, 11) is 0. The number of rotatable bonds is 1. The minimum atomic E-state index is 0.237. The molecule has 0 unspecified atom stereocenters. The number of hydrogen-bond acceptors (Lipinski definition) is 2. The maximum Gasteiger partial charge on any atom is 0.144 e. The van der Waals surface area contributed by atoms with E-state index in [0.717, 1.165) is 15.9 Å². The molecule has 0 radical (unpaired) electrons. The van der Waals surface area contributed by atoms with Crippen LogP contribution in [0, 0.1) is 0 Å². The molecule has 2 aromatic heterocycles. The molecule has 3 rings (SSSR count). The maximum absolute atomic E-state index is 9.72. The van der Waals surface area contributed by atoms with Gasteiger partial charge in [-0.05, 0) is 24.3 Å². The van der Waals surface area contributed by atoms with E-state index in [-0.39, 0.29) is 5.75 Å². The van der Waals surface area contributed by atoms with Crippen LogP contribution in [0.4, 0.5) is 0 Å².